The third-order valence-electron chi connectivity index (χ3n) is 1.88. The normalized spacial score (nSPS) is 10.2. The minimum atomic E-state index is -0.0488. The van der Waals surface area contributed by atoms with Gasteiger partial charge in [0.2, 0.25) is 0 Å². The fourth-order valence-electron chi connectivity index (χ4n) is 1.22. The van der Waals surface area contributed by atoms with Crippen LogP contribution in [0, 0.1) is 0 Å². The summed E-state index contributed by atoms with van der Waals surface area (Å²) in [7, 11) is 0. The molecule has 0 radical (unpaired) electrons. The summed E-state index contributed by atoms with van der Waals surface area (Å²) in [5.41, 5.74) is 1.03. The van der Waals surface area contributed by atoms with Crippen LogP contribution in [0.25, 0.3) is 11.3 Å². The van der Waals surface area contributed by atoms with E-state index in [2.05, 4.69) is 0 Å². The Balaban J connectivity index is 2.36. The van der Waals surface area contributed by atoms with E-state index in [1.54, 1.807) is 6.07 Å². The van der Waals surface area contributed by atoms with Gasteiger partial charge in [-0.1, -0.05) is 30.3 Å². The lowest BCUT2D eigenvalue weighted by Gasteiger charge is -1.94. The summed E-state index contributed by atoms with van der Waals surface area (Å²) in [6.07, 6.45) is 0. The van der Waals surface area contributed by atoms with Gasteiger partial charge in [-0.15, -0.1) is 0 Å². The molecule has 0 fully saturated rings. The number of aliphatic hydroxyl groups excluding tert-OH is 1. The van der Waals surface area contributed by atoms with Crippen LogP contribution in [0.4, 0.5) is 0 Å². The molecule has 0 saturated carbocycles. The second-order valence-electron chi connectivity index (χ2n) is 2.79. The van der Waals surface area contributed by atoms with E-state index in [0.717, 1.165) is 11.3 Å². The number of furan rings is 1. The zero-order valence-corrected chi connectivity index (χ0v) is 7.10. The van der Waals surface area contributed by atoms with Crippen molar-refractivity contribution in [3.05, 3.63) is 48.2 Å². The van der Waals surface area contributed by atoms with Crippen LogP contribution in [0.1, 0.15) is 5.76 Å². The number of rotatable bonds is 2. The highest BCUT2D eigenvalue weighted by Gasteiger charge is 2.01. The third kappa shape index (κ3) is 1.63. The molecule has 0 aliphatic rings. The number of aliphatic hydroxyl groups is 1. The van der Waals surface area contributed by atoms with Gasteiger partial charge in [0, 0.05) is 5.56 Å². The van der Waals surface area contributed by atoms with Crippen LogP contribution in [0.2, 0.25) is 0 Å². The molecular formula is C11H10O2. The maximum absolute atomic E-state index is 8.80. The number of hydrogen-bond acceptors (Lipinski definition) is 2. The van der Waals surface area contributed by atoms with Crippen molar-refractivity contribution in [2.24, 2.45) is 0 Å². The molecule has 66 valence electrons. The molecule has 0 saturated heterocycles. The Kier molecular flexibility index (Phi) is 2.15. The van der Waals surface area contributed by atoms with Crippen LogP contribution in [0.5, 0.6) is 0 Å². The van der Waals surface area contributed by atoms with E-state index in [1.165, 1.54) is 0 Å². The van der Waals surface area contributed by atoms with Gasteiger partial charge in [-0.25, -0.2) is 0 Å². The van der Waals surface area contributed by atoms with Gasteiger partial charge in [0.25, 0.3) is 0 Å². The van der Waals surface area contributed by atoms with Gasteiger partial charge in [-0.2, -0.15) is 0 Å². The maximum atomic E-state index is 8.80. The zero-order valence-electron chi connectivity index (χ0n) is 7.10. The lowest BCUT2D eigenvalue weighted by Crippen LogP contribution is -1.74. The van der Waals surface area contributed by atoms with Crippen LogP contribution in [-0.4, -0.2) is 5.11 Å². The van der Waals surface area contributed by atoms with Crippen molar-refractivity contribution < 1.29 is 9.52 Å². The molecule has 1 aromatic carbocycles. The third-order valence-corrected chi connectivity index (χ3v) is 1.88. The van der Waals surface area contributed by atoms with Crippen molar-refractivity contribution in [2.75, 3.05) is 0 Å². The van der Waals surface area contributed by atoms with Crippen molar-refractivity contribution in [3.63, 3.8) is 0 Å². The van der Waals surface area contributed by atoms with Gasteiger partial charge in [0.05, 0.1) is 0 Å². The van der Waals surface area contributed by atoms with Crippen LogP contribution in [0.15, 0.2) is 46.9 Å². The molecule has 0 aliphatic carbocycles. The van der Waals surface area contributed by atoms with E-state index in [0.29, 0.717) is 5.76 Å². The van der Waals surface area contributed by atoms with Crippen molar-refractivity contribution in [3.8, 4) is 11.3 Å². The molecule has 0 spiro atoms. The Morgan fingerprint density at radius 1 is 1.00 bits per heavy atom. The Bertz CT molecular complexity index is 376. The minimum absolute atomic E-state index is 0.0488. The predicted octanol–water partition coefficient (Wildman–Crippen LogP) is 2.44. The van der Waals surface area contributed by atoms with Crippen LogP contribution < -0.4 is 0 Å². The summed E-state index contributed by atoms with van der Waals surface area (Å²) in [5.74, 6) is 1.39. The highest BCUT2D eigenvalue weighted by molar-refractivity contribution is 5.57. The molecule has 0 atom stereocenters. The zero-order chi connectivity index (χ0) is 9.10. The average Bonchev–Trinajstić information content (AvgIpc) is 2.67. The van der Waals surface area contributed by atoms with Gasteiger partial charge < -0.3 is 9.52 Å². The molecule has 1 aromatic heterocycles. The highest BCUT2D eigenvalue weighted by Crippen LogP contribution is 2.21. The quantitative estimate of drug-likeness (QED) is 0.758. The average molecular weight is 174 g/mol. The van der Waals surface area contributed by atoms with Gasteiger partial charge >= 0.3 is 0 Å². The molecule has 13 heavy (non-hydrogen) atoms. The molecule has 2 nitrogen and oxygen atoms in total. The van der Waals surface area contributed by atoms with Gasteiger partial charge in [0.1, 0.15) is 18.1 Å². The molecule has 2 heteroatoms. The van der Waals surface area contributed by atoms with Crippen LogP contribution in [0.3, 0.4) is 0 Å². The molecule has 0 bridgehead atoms. The Morgan fingerprint density at radius 3 is 2.38 bits per heavy atom. The lowest BCUT2D eigenvalue weighted by molar-refractivity contribution is 0.248. The minimum Gasteiger partial charge on any atom is -0.459 e. The van der Waals surface area contributed by atoms with Crippen molar-refractivity contribution >= 4 is 0 Å². The van der Waals surface area contributed by atoms with Crippen LogP contribution >= 0.6 is 0 Å². The Labute approximate surface area is 76.4 Å². The number of hydrogen-bond donors (Lipinski definition) is 1. The summed E-state index contributed by atoms with van der Waals surface area (Å²) in [5, 5.41) is 8.80. The first-order chi connectivity index (χ1) is 6.40. The fourth-order valence-corrected chi connectivity index (χ4v) is 1.22. The highest BCUT2D eigenvalue weighted by atomic mass is 16.4. The van der Waals surface area contributed by atoms with Gasteiger partial charge in [-0.05, 0) is 12.1 Å². The predicted molar refractivity (Wildman–Crippen MR) is 50.1 cm³/mol. The molecule has 2 aromatic rings. The molecule has 1 heterocycles. The van der Waals surface area contributed by atoms with Gasteiger partial charge in [0.15, 0.2) is 0 Å². The second-order valence-corrected chi connectivity index (χ2v) is 2.79. The standard InChI is InChI=1S/C11H10O2/c12-8-10-6-7-11(13-10)9-4-2-1-3-5-9/h1-7,12H,8H2. The SMILES string of the molecule is OCc1ccc(-c2ccccc2)o1. The van der Waals surface area contributed by atoms with E-state index in [9.17, 15) is 0 Å². The first-order valence-corrected chi connectivity index (χ1v) is 4.15. The molecule has 1 N–H and O–H groups in total. The van der Waals surface area contributed by atoms with E-state index >= 15 is 0 Å². The van der Waals surface area contributed by atoms with Crippen LogP contribution in [-0.2, 0) is 6.61 Å². The molecule has 0 aliphatic heterocycles. The first kappa shape index (κ1) is 8.08. The molecule has 0 amide bonds. The van der Waals surface area contributed by atoms with E-state index < -0.39 is 0 Å². The fraction of sp³-hybridized carbons (Fsp3) is 0.0909. The lowest BCUT2D eigenvalue weighted by atomic mass is 10.2. The van der Waals surface area contributed by atoms with E-state index in [4.69, 9.17) is 9.52 Å². The van der Waals surface area contributed by atoms with Crippen molar-refractivity contribution in [1.82, 2.24) is 0 Å². The number of benzene rings is 1. The summed E-state index contributed by atoms with van der Waals surface area (Å²) < 4.78 is 5.37. The largest absolute Gasteiger partial charge is 0.459 e. The summed E-state index contributed by atoms with van der Waals surface area (Å²) in [6, 6.07) is 13.5. The summed E-state index contributed by atoms with van der Waals surface area (Å²) >= 11 is 0. The topological polar surface area (TPSA) is 33.4 Å². The van der Waals surface area contributed by atoms with Gasteiger partial charge in [-0.3, -0.25) is 0 Å². The summed E-state index contributed by atoms with van der Waals surface area (Å²) in [4.78, 5) is 0. The maximum Gasteiger partial charge on any atom is 0.134 e. The van der Waals surface area contributed by atoms with Crippen molar-refractivity contribution in [2.45, 2.75) is 6.61 Å². The Hall–Kier alpha value is -1.54. The van der Waals surface area contributed by atoms with E-state index in [1.807, 2.05) is 36.4 Å². The molecule has 2 rings (SSSR count). The molecular weight excluding hydrogens is 164 g/mol. The Morgan fingerprint density at radius 2 is 1.77 bits per heavy atom. The second kappa shape index (κ2) is 3.46. The monoisotopic (exact) mass is 174 g/mol. The smallest absolute Gasteiger partial charge is 0.134 e. The first-order valence-electron chi connectivity index (χ1n) is 4.15. The molecule has 0 unspecified atom stereocenters. The van der Waals surface area contributed by atoms with Crippen molar-refractivity contribution in [1.29, 1.82) is 0 Å². The summed E-state index contributed by atoms with van der Waals surface area (Å²) in [6.45, 7) is -0.0488. The van der Waals surface area contributed by atoms with E-state index in [-0.39, 0.29) is 6.61 Å².